The fraction of sp³-hybridized carbons (Fsp3) is 0.600. The zero-order valence-corrected chi connectivity index (χ0v) is 10.0. The van der Waals surface area contributed by atoms with E-state index in [1.807, 2.05) is 0 Å². The minimum absolute atomic E-state index is 0.0765. The summed E-state index contributed by atoms with van der Waals surface area (Å²) in [5.74, 6) is 0.601. The number of hydrogen-bond acceptors (Lipinski definition) is 4. The topological polar surface area (TPSA) is 66.7 Å². The molecule has 5 heteroatoms. The molecular formula is C10H15N3OS. The van der Waals surface area contributed by atoms with Gasteiger partial charge in [0.25, 0.3) is 0 Å². The first kappa shape index (κ1) is 10.5. The van der Waals surface area contributed by atoms with Gasteiger partial charge in [-0.15, -0.1) is 0 Å². The van der Waals surface area contributed by atoms with Crippen LogP contribution in [-0.4, -0.2) is 14.2 Å². The summed E-state index contributed by atoms with van der Waals surface area (Å²) in [7, 11) is -2.49. The Morgan fingerprint density at radius 1 is 1.33 bits per heavy atom. The van der Waals surface area contributed by atoms with E-state index in [0.717, 1.165) is 17.0 Å². The first-order chi connectivity index (χ1) is 6.80. The quantitative estimate of drug-likeness (QED) is 0.732. The van der Waals surface area contributed by atoms with Crippen molar-refractivity contribution in [3.63, 3.8) is 0 Å². The number of nitrogens with one attached hydrogen (secondary N) is 1. The van der Waals surface area contributed by atoms with Crippen molar-refractivity contribution in [2.45, 2.75) is 37.7 Å². The van der Waals surface area contributed by atoms with E-state index in [-0.39, 0.29) is 11.2 Å². The highest BCUT2D eigenvalue weighted by molar-refractivity contribution is 7.91. The Morgan fingerprint density at radius 3 is 2.60 bits per heavy atom. The summed E-state index contributed by atoms with van der Waals surface area (Å²) in [5, 5.41) is 0. The molecule has 0 fully saturated rings. The largest absolute Gasteiger partial charge is 0.252 e. The van der Waals surface area contributed by atoms with Gasteiger partial charge >= 0.3 is 0 Å². The van der Waals surface area contributed by atoms with Crippen LogP contribution in [0.4, 0.5) is 0 Å². The van der Waals surface area contributed by atoms with Crippen molar-refractivity contribution < 1.29 is 4.21 Å². The average Bonchev–Trinajstić information content (AvgIpc) is 2.35. The molecule has 1 aliphatic rings. The van der Waals surface area contributed by atoms with Crippen molar-refractivity contribution in [2.75, 3.05) is 0 Å². The molecule has 0 saturated carbocycles. The fourth-order valence-corrected chi connectivity index (χ4v) is 3.44. The molecule has 15 heavy (non-hydrogen) atoms. The van der Waals surface area contributed by atoms with E-state index in [9.17, 15) is 4.21 Å². The second kappa shape index (κ2) is 3.01. The third kappa shape index (κ3) is 1.88. The van der Waals surface area contributed by atoms with Crippen LogP contribution in [0, 0.1) is 4.78 Å². The zero-order chi connectivity index (χ0) is 11.3. The van der Waals surface area contributed by atoms with E-state index in [1.54, 1.807) is 0 Å². The van der Waals surface area contributed by atoms with Gasteiger partial charge in [0.15, 0.2) is 0 Å². The Kier molecular flexibility index (Phi) is 2.12. The van der Waals surface area contributed by atoms with Gasteiger partial charge in [-0.3, -0.25) is 4.78 Å². The van der Waals surface area contributed by atoms with Gasteiger partial charge in [0, 0.05) is 11.0 Å². The highest BCUT2D eigenvalue weighted by Crippen LogP contribution is 2.31. The van der Waals surface area contributed by atoms with Crippen molar-refractivity contribution in [3.05, 3.63) is 23.3 Å². The van der Waals surface area contributed by atoms with Gasteiger partial charge < -0.3 is 0 Å². The van der Waals surface area contributed by atoms with E-state index in [2.05, 4.69) is 30.7 Å². The van der Waals surface area contributed by atoms with Crippen molar-refractivity contribution in [1.82, 2.24) is 9.97 Å². The van der Waals surface area contributed by atoms with Crippen LogP contribution in [0.25, 0.3) is 0 Å². The van der Waals surface area contributed by atoms with Crippen LogP contribution in [0.15, 0.2) is 6.33 Å². The highest BCUT2D eigenvalue weighted by Gasteiger charge is 2.30. The molecule has 2 heterocycles. The Hall–Kier alpha value is -0.970. The molecule has 1 atom stereocenters. The molecule has 0 radical (unpaired) electrons. The van der Waals surface area contributed by atoms with Gasteiger partial charge in [0.2, 0.25) is 0 Å². The van der Waals surface area contributed by atoms with Gasteiger partial charge in [-0.2, -0.15) is 0 Å². The number of aromatic nitrogens is 2. The lowest BCUT2D eigenvalue weighted by Gasteiger charge is -2.20. The van der Waals surface area contributed by atoms with Crippen LogP contribution in [0.1, 0.15) is 37.7 Å². The van der Waals surface area contributed by atoms with Crippen LogP contribution in [-0.2, 0) is 26.6 Å². The maximum Gasteiger partial charge on any atom is 0.116 e. The number of fused-ring (bicyclic) bond motifs is 1. The number of rotatable bonds is 0. The summed E-state index contributed by atoms with van der Waals surface area (Å²) < 4.78 is 19.4. The lowest BCUT2D eigenvalue weighted by atomic mass is 9.88. The summed E-state index contributed by atoms with van der Waals surface area (Å²) in [4.78, 5) is 8.39. The minimum atomic E-state index is -2.49. The summed E-state index contributed by atoms with van der Waals surface area (Å²) >= 11 is 0. The van der Waals surface area contributed by atoms with E-state index >= 15 is 0 Å². The molecule has 1 aromatic rings. The summed E-state index contributed by atoms with van der Waals surface area (Å²) in [6, 6.07) is 0. The predicted molar refractivity (Wildman–Crippen MR) is 59.0 cm³/mol. The molecule has 0 aliphatic carbocycles. The maximum atomic E-state index is 11.7. The van der Waals surface area contributed by atoms with Gasteiger partial charge in [0.1, 0.15) is 6.33 Å². The van der Waals surface area contributed by atoms with Crippen molar-refractivity contribution >= 4 is 9.73 Å². The predicted octanol–water partition coefficient (Wildman–Crippen LogP) is 1.83. The normalized spacial score (nSPS) is 25.3. The van der Waals surface area contributed by atoms with E-state index < -0.39 is 9.73 Å². The van der Waals surface area contributed by atoms with Gasteiger partial charge in [-0.25, -0.2) is 14.2 Å². The first-order valence-corrected chi connectivity index (χ1v) is 6.77. The smallest absolute Gasteiger partial charge is 0.116 e. The van der Waals surface area contributed by atoms with Crippen LogP contribution in [0.5, 0.6) is 0 Å². The molecule has 1 aliphatic heterocycles. The van der Waals surface area contributed by atoms with Crippen molar-refractivity contribution in [3.8, 4) is 0 Å². The van der Waals surface area contributed by atoms with Gasteiger partial charge in [-0.1, -0.05) is 20.8 Å². The van der Waals surface area contributed by atoms with Crippen molar-refractivity contribution in [2.24, 2.45) is 0 Å². The molecule has 0 aromatic carbocycles. The SMILES string of the molecule is CC(C)(C)c1ncnc2c1CS(=N)(=O)C2. The highest BCUT2D eigenvalue weighted by atomic mass is 32.2. The Morgan fingerprint density at radius 2 is 2.00 bits per heavy atom. The molecule has 1 N–H and O–H groups in total. The monoisotopic (exact) mass is 225 g/mol. The van der Waals surface area contributed by atoms with Crippen LogP contribution < -0.4 is 0 Å². The number of nitrogens with zero attached hydrogens (tertiary/aromatic N) is 2. The van der Waals surface area contributed by atoms with E-state index in [4.69, 9.17) is 4.78 Å². The molecule has 4 nitrogen and oxygen atoms in total. The lowest BCUT2D eigenvalue weighted by Crippen LogP contribution is -2.17. The molecule has 0 spiro atoms. The van der Waals surface area contributed by atoms with Crippen LogP contribution >= 0.6 is 0 Å². The summed E-state index contributed by atoms with van der Waals surface area (Å²) in [6.07, 6.45) is 1.51. The molecule has 82 valence electrons. The second-order valence-corrected chi connectivity index (χ2v) is 7.20. The maximum absolute atomic E-state index is 11.7. The molecule has 0 amide bonds. The summed E-state index contributed by atoms with van der Waals surface area (Å²) in [5.41, 5.74) is 2.59. The lowest BCUT2D eigenvalue weighted by molar-refractivity contribution is 0.560. The Balaban J connectivity index is 2.61. The molecule has 0 saturated heterocycles. The fourth-order valence-electron chi connectivity index (χ4n) is 1.88. The van der Waals surface area contributed by atoms with Crippen LogP contribution in [0.2, 0.25) is 0 Å². The standard InChI is InChI=1S/C10H15N3OS/c1-10(2,3)9-7-4-15(11,14)5-8(7)12-6-13-9/h6,11H,4-5H2,1-3H3. The second-order valence-electron chi connectivity index (χ2n) is 5.00. The Labute approximate surface area is 90.1 Å². The molecule has 0 bridgehead atoms. The van der Waals surface area contributed by atoms with E-state index in [1.165, 1.54) is 6.33 Å². The molecule has 1 aromatic heterocycles. The minimum Gasteiger partial charge on any atom is -0.252 e. The third-order valence-electron chi connectivity index (χ3n) is 2.49. The van der Waals surface area contributed by atoms with Gasteiger partial charge in [0.05, 0.1) is 32.6 Å². The van der Waals surface area contributed by atoms with Gasteiger partial charge in [-0.05, 0) is 0 Å². The molecule has 1 unspecified atom stereocenters. The van der Waals surface area contributed by atoms with Crippen molar-refractivity contribution in [1.29, 1.82) is 4.78 Å². The van der Waals surface area contributed by atoms with Crippen LogP contribution in [0.3, 0.4) is 0 Å². The molecular weight excluding hydrogens is 210 g/mol. The number of hydrogen-bond donors (Lipinski definition) is 1. The first-order valence-electron chi connectivity index (χ1n) is 4.87. The molecule has 2 rings (SSSR count). The third-order valence-corrected chi connectivity index (χ3v) is 3.99. The Bertz CT molecular complexity index is 500. The van der Waals surface area contributed by atoms with E-state index in [0.29, 0.717) is 5.75 Å². The zero-order valence-electron chi connectivity index (χ0n) is 9.20. The average molecular weight is 225 g/mol. The summed E-state index contributed by atoms with van der Waals surface area (Å²) in [6.45, 7) is 6.21.